The van der Waals surface area contributed by atoms with E-state index >= 15 is 0 Å². The molecule has 0 aromatic heterocycles. The first-order valence-electron chi connectivity index (χ1n) is 7.97. The van der Waals surface area contributed by atoms with Crippen LogP contribution in [0.1, 0.15) is 5.56 Å². The summed E-state index contributed by atoms with van der Waals surface area (Å²) in [6, 6.07) is 26.7. The summed E-state index contributed by atoms with van der Waals surface area (Å²) in [6.07, 6.45) is 0. The maximum atomic E-state index is 13.4. The van der Waals surface area contributed by atoms with Gasteiger partial charge in [0.15, 0.2) is 0 Å². The maximum Gasteiger partial charge on any atom is 0.566 e. The van der Waals surface area contributed by atoms with E-state index in [1.54, 1.807) is 60.7 Å². The van der Waals surface area contributed by atoms with Gasteiger partial charge in [-0.3, -0.25) is 0 Å². The molecule has 0 aliphatic carbocycles. The lowest BCUT2D eigenvalue weighted by Gasteiger charge is -2.17. The summed E-state index contributed by atoms with van der Waals surface area (Å²) in [7, 11) is -2.48. The summed E-state index contributed by atoms with van der Waals surface area (Å²) >= 11 is 0. The Kier molecular flexibility index (Phi) is 5.72. The number of rotatable bonds is 6. The molecular formula is C20H18NO4P. The Labute approximate surface area is 152 Å². The minimum Gasteiger partial charge on any atom is -0.480 e. The van der Waals surface area contributed by atoms with E-state index in [0.717, 1.165) is 0 Å². The number of methoxy groups -OCH3 is 1. The molecule has 132 valence electrons. The highest BCUT2D eigenvalue weighted by Crippen LogP contribution is 2.50. The predicted molar refractivity (Wildman–Crippen MR) is 102 cm³/mol. The SMILES string of the molecule is CO/C(=N\P(=O)(Oc1ccccc1)Oc1ccccc1)c1ccccc1. The van der Waals surface area contributed by atoms with Crippen LogP contribution in [0.25, 0.3) is 0 Å². The van der Waals surface area contributed by atoms with Crippen LogP contribution in [0.4, 0.5) is 0 Å². The van der Waals surface area contributed by atoms with E-state index in [1.165, 1.54) is 7.11 Å². The highest BCUT2D eigenvalue weighted by Gasteiger charge is 2.30. The lowest BCUT2D eigenvalue weighted by molar-refractivity contribution is 0.377. The molecule has 26 heavy (non-hydrogen) atoms. The van der Waals surface area contributed by atoms with Gasteiger partial charge in [0.25, 0.3) is 0 Å². The van der Waals surface area contributed by atoms with E-state index < -0.39 is 7.75 Å². The fraction of sp³-hybridized carbons (Fsp3) is 0.0500. The van der Waals surface area contributed by atoms with Crippen molar-refractivity contribution in [2.24, 2.45) is 4.76 Å². The zero-order valence-electron chi connectivity index (χ0n) is 14.2. The normalized spacial score (nSPS) is 11.7. The van der Waals surface area contributed by atoms with Crippen molar-refractivity contribution in [2.45, 2.75) is 0 Å². The quantitative estimate of drug-likeness (QED) is 0.335. The van der Waals surface area contributed by atoms with E-state index in [1.807, 2.05) is 30.3 Å². The average Bonchev–Trinajstić information content (AvgIpc) is 2.68. The van der Waals surface area contributed by atoms with Gasteiger partial charge in [0, 0.05) is 5.56 Å². The summed E-state index contributed by atoms with van der Waals surface area (Å²) in [5.74, 6) is 0.943. The zero-order valence-corrected chi connectivity index (χ0v) is 15.1. The minimum absolute atomic E-state index is 0.167. The summed E-state index contributed by atoms with van der Waals surface area (Å²) in [5.41, 5.74) is 0.670. The van der Waals surface area contributed by atoms with Gasteiger partial charge >= 0.3 is 7.75 Å². The molecule has 0 fully saturated rings. The number of nitrogens with zero attached hydrogens (tertiary/aromatic N) is 1. The molecule has 0 bridgehead atoms. The topological polar surface area (TPSA) is 57.1 Å². The van der Waals surface area contributed by atoms with Crippen molar-refractivity contribution in [3.8, 4) is 11.5 Å². The largest absolute Gasteiger partial charge is 0.566 e. The Balaban J connectivity index is 1.99. The minimum atomic E-state index is -3.94. The molecule has 3 rings (SSSR count). The highest BCUT2D eigenvalue weighted by atomic mass is 31.2. The van der Waals surface area contributed by atoms with Crippen molar-refractivity contribution < 1.29 is 18.3 Å². The highest BCUT2D eigenvalue weighted by molar-refractivity contribution is 7.53. The van der Waals surface area contributed by atoms with Gasteiger partial charge in [-0.2, -0.15) is 0 Å². The van der Waals surface area contributed by atoms with E-state index in [4.69, 9.17) is 13.8 Å². The second kappa shape index (κ2) is 8.37. The molecule has 0 spiro atoms. The number of hydrogen-bond donors (Lipinski definition) is 0. The van der Waals surface area contributed by atoms with E-state index in [0.29, 0.717) is 17.1 Å². The molecule has 0 saturated heterocycles. The van der Waals surface area contributed by atoms with Crippen molar-refractivity contribution in [3.05, 3.63) is 96.6 Å². The monoisotopic (exact) mass is 367 g/mol. The molecular weight excluding hydrogens is 349 g/mol. The van der Waals surface area contributed by atoms with Crippen LogP contribution in [-0.2, 0) is 9.30 Å². The zero-order chi connectivity index (χ0) is 18.2. The van der Waals surface area contributed by atoms with Gasteiger partial charge in [0.2, 0.25) is 5.90 Å². The van der Waals surface area contributed by atoms with Crippen LogP contribution < -0.4 is 9.05 Å². The Morgan fingerprint density at radius 2 is 1.15 bits per heavy atom. The molecule has 5 nitrogen and oxygen atoms in total. The average molecular weight is 367 g/mol. The van der Waals surface area contributed by atoms with Crippen molar-refractivity contribution >= 4 is 13.6 Å². The van der Waals surface area contributed by atoms with Gasteiger partial charge in [-0.25, -0.2) is 4.57 Å². The summed E-state index contributed by atoms with van der Waals surface area (Å²) in [6.45, 7) is 0. The lowest BCUT2D eigenvalue weighted by Crippen LogP contribution is -2.07. The van der Waals surface area contributed by atoms with Crippen LogP contribution in [0, 0.1) is 0 Å². The molecule has 6 heteroatoms. The number of hydrogen-bond acceptors (Lipinski definition) is 4. The third-order valence-electron chi connectivity index (χ3n) is 3.36. The van der Waals surface area contributed by atoms with E-state index in [9.17, 15) is 4.57 Å². The molecule has 0 radical (unpaired) electrons. The van der Waals surface area contributed by atoms with E-state index in [2.05, 4.69) is 4.76 Å². The number of para-hydroxylation sites is 2. The van der Waals surface area contributed by atoms with Crippen LogP contribution in [-0.4, -0.2) is 13.0 Å². The van der Waals surface area contributed by atoms with Crippen molar-refractivity contribution in [3.63, 3.8) is 0 Å². The molecule has 0 heterocycles. The molecule has 3 aromatic rings. The van der Waals surface area contributed by atoms with Gasteiger partial charge in [0.05, 0.1) is 7.11 Å². The van der Waals surface area contributed by atoms with Gasteiger partial charge in [-0.1, -0.05) is 54.6 Å². The third kappa shape index (κ3) is 4.74. The van der Waals surface area contributed by atoms with Crippen molar-refractivity contribution in [1.29, 1.82) is 0 Å². The van der Waals surface area contributed by atoms with Crippen LogP contribution in [0.3, 0.4) is 0 Å². The fourth-order valence-electron chi connectivity index (χ4n) is 2.20. The molecule has 0 aliphatic heterocycles. The molecule has 3 aromatic carbocycles. The van der Waals surface area contributed by atoms with E-state index in [-0.39, 0.29) is 5.90 Å². The first kappa shape index (κ1) is 17.8. The standard InChI is InChI=1S/C20H18NO4P/c1-23-20(17-11-5-2-6-12-17)21-26(22,24-18-13-7-3-8-14-18)25-19-15-9-4-10-16-19/h2-16H,1H3/b21-20-. The Hall–Kier alpha value is -3.04. The first-order valence-corrected chi connectivity index (χ1v) is 9.47. The first-order chi connectivity index (χ1) is 12.7. The van der Waals surface area contributed by atoms with Crippen LogP contribution in [0.5, 0.6) is 11.5 Å². The van der Waals surface area contributed by atoms with Crippen LogP contribution in [0.2, 0.25) is 0 Å². The molecule has 0 saturated carbocycles. The van der Waals surface area contributed by atoms with Crippen LogP contribution in [0.15, 0.2) is 95.8 Å². The summed E-state index contributed by atoms with van der Waals surface area (Å²) in [5, 5.41) is 0. The van der Waals surface area contributed by atoms with Crippen molar-refractivity contribution in [2.75, 3.05) is 7.11 Å². The lowest BCUT2D eigenvalue weighted by atomic mass is 10.2. The fourth-order valence-corrected chi connectivity index (χ4v) is 3.51. The summed E-state index contributed by atoms with van der Waals surface area (Å²) in [4.78, 5) is 0. The number of ether oxygens (including phenoxy) is 1. The van der Waals surface area contributed by atoms with Crippen molar-refractivity contribution in [1.82, 2.24) is 0 Å². The second-order valence-corrected chi connectivity index (χ2v) is 6.75. The van der Waals surface area contributed by atoms with Gasteiger partial charge in [-0.05, 0) is 36.4 Å². The third-order valence-corrected chi connectivity index (χ3v) is 4.67. The van der Waals surface area contributed by atoms with Gasteiger partial charge < -0.3 is 13.8 Å². The Morgan fingerprint density at radius 3 is 1.58 bits per heavy atom. The Bertz CT molecular complexity index is 853. The van der Waals surface area contributed by atoms with Gasteiger partial charge in [0.1, 0.15) is 11.5 Å². The second-order valence-electron chi connectivity index (χ2n) is 5.25. The van der Waals surface area contributed by atoms with Crippen LogP contribution >= 0.6 is 7.75 Å². The number of benzene rings is 3. The molecule has 0 amide bonds. The van der Waals surface area contributed by atoms with Gasteiger partial charge in [-0.15, -0.1) is 4.76 Å². The molecule has 0 N–H and O–H groups in total. The predicted octanol–water partition coefficient (Wildman–Crippen LogP) is 5.35. The Morgan fingerprint density at radius 1 is 0.731 bits per heavy atom. The molecule has 0 unspecified atom stereocenters. The smallest absolute Gasteiger partial charge is 0.480 e. The molecule has 0 atom stereocenters. The molecule has 0 aliphatic rings. The maximum absolute atomic E-state index is 13.4. The summed E-state index contributed by atoms with van der Waals surface area (Å²) < 4.78 is 34.2.